The lowest BCUT2D eigenvalue weighted by atomic mass is 9.94. The zero-order chi connectivity index (χ0) is 14.3. The summed E-state index contributed by atoms with van der Waals surface area (Å²) < 4.78 is 19.8. The number of benzene rings is 2. The van der Waals surface area contributed by atoms with Crippen LogP contribution in [0.25, 0.3) is 0 Å². The van der Waals surface area contributed by atoms with Crippen molar-refractivity contribution in [1.29, 1.82) is 0 Å². The molecule has 3 rings (SSSR count). The maximum atomic E-state index is 14.0. The fourth-order valence-electron chi connectivity index (χ4n) is 2.56. The van der Waals surface area contributed by atoms with Crippen molar-refractivity contribution in [2.75, 3.05) is 0 Å². The van der Waals surface area contributed by atoms with E-state index in [1.807, 2.05) is 19.1 Å². The van der Waals surface area contributed by atoms with Gasteiger partial charge in [0, 0.05) is 17.5 Å². The molecule has 2 nitrogen and oxygen atoms in total. The van der Waals surface area contributed by atoms with Gasteiger partial charge >= 0.3 is 0 Å². The molecule has 2 aromatic rings. The highest BCUT2D eigenvalue weighted by atomic mass is 35.5. The summed E-state index contributed by atoms with van der Waals surface area (Å²) in [5.41, 5.74) is 2.10. The first-order valence-electron chi connectivity index (χ1n) is 6.45. The molecular formula is C16H14ClFO2. The van der Waals surface area contributed by atoms with E-state index in [0.29, 0.717) is 16.3 Å². The molecule has 0 saturated carbocycles. The van der Waals surface area contributed by atoms with Crippen LogP contribution in [0.3, 0.4) is 0 Å². The minimum absolute atomic E-state index is 0.289. The first-order chi connectivity index (χ1) is 9.56. The van der Waals surface area contributed by atoms with E-state index >= 15 is 0 Å². The van der Waals surface area contributed by atoms with Crippen LogP contribution >= 0.6 is 11.6 Å². The number of ether oxygens (including phenoxy) is 1. The van der Waals surface area contributed by atoms with Gasteiger partial charge in [-0.25, -0.2) is 4.39 Å². The fraction of sp³-hybridized carbons (Fsp3) is 0.250. The highest BCUT2D eigenvalue weighted by molar-refractivity contribution is 6.31. The largest absolute Gasteiger partial charge is 0.485 e. The van der Waals surface area contributed by atoms with Gasteiger partial charge in [-0.15, -0.1) is 0 Å². The van der Waals surface area contributed by atoms with Crippen LogP contribution in [0.1, 0.15) is 35.3 Å². The zero-order valence-corrected chi connectivity index (χ0v) is 11.7. The van der Waals surface area contributed by atoms with Crippen LogP contribution in [0, 0.1) is 12.7 Å². The molecule has 0 amide bonds. The summed E-state index contributed by atoms with van der Waals surface area (Å²) in [4.78, 5) is 0. The third-order valence-corrected chi connectivity index (χ3v) is 3.88. The molecule has 0 fully saturated rings. The second kappa shape index (κ2) is 5.08. The van der Waals surface area contributed by atoms with Crippen molar-refractivity contribution in [3.8, 4) is 5.75 Å². The molecule has 0 radical (unpaired) electrons. The predicted molar refractivity (Wildman–Crippen MR) is 75.5 cm³/mol. The Kier molecular flexibility index (Phi) is 3.40. The normalized spacial score (nSPS) is 21.2. The third kappa shape index (κ3) is 2.28. The Balaban J connectivity index is 2.01. The second-order valence-corrected chi connectivity index (χ2v) is 5.44. The maximum Gasteiger partial charge on any atom is 0.131 e. The Morgan fingerprint density at radius 2 is 2.10 bits per heavy atom. The summed E-state index contributed by atoms with van der Waals surface area (Å²) in [7, 11) is 0. The van der Waals surface area contributed by atoms with Crippen LogP contribution in [0.15, 0.2) is 36.4 Å². The van der Waals surface area contributed by atoms with Crippen LogP contribution in [0.4, 0.5) is 4.39 Å². The van der Waals surface area contributed by atoms with Crippen LogP contribution in [0.2, 0.25) is 5.02 Å². The molecule has 1 heterocycles. The highest BCUT2D eigenvalue weighted by Gasteiger charge is 2.31. The smallest absolute Gasteiger partial charge is 0.131 e. The number of aliphatic hydroxyl groups is 1. The minimum atomic E-state index is -0.681. The van der Waals surface area contributed by atoms with Gasteiger partial charge in [0.2, 0.25) is 0 Å². The summed E-state index contributed by atoms with van der Waals surface area (Å²) >= 11 is 6.06. The molecule has 0 spiro atoms. The topological polar surface area (TPSA) is 29.5 Å². The van der Waals surface area contributed by atoms with E-state index in [1.54, 1.807) is 18.2 Å². The Labute approximate surface area is 121 Å². The number of rotatable bonds is 1. The molecule has 2 atom stereocenters. The van der Waals surface area contributed by atoms with E-state index in [0.717, 1.165) is 11.1 Å². The summed E-state index contributed by atoms with van der Waals surface area (Å²) in [6.07, 6.45) is -0.967. The lowest BCUT2D eigenvalue weighted by molar-refractivity contribution is 0.0640. The van der Waals surface area contributed by atoms with Crippen molar-refractivity contribution >= 4 is 11.6 Å². The molecule has 1 aliphatic rings. The monoisotopic (exact) mass is 292 g/mol. The summed E-state index contributed by atoms with van der Waals surface area (Å²) in [5, 5.41) is 10.6. The van der Waals surface area contributed by atoms with Gasteiger partial charge in [0.05, 0.1) is 11.1 Å². The Hall–Kier alpha value is -1.58. The molecule has 0 aliphatic carbocycles. The van der Waals surface area contributed by atoms with Gasteiger partial charge < -0.3 is 9.84 Å². The molecule has 4 heteroatoms. The first-order valence-corrected chi connectivity index (χ1v) is 6.83. The quantitative estimate of drug-likeness (QED) is 0.847. The Morgan fingerprint density at radius 3 is 2.85 bits per heavy atom. The third-order valence-electron chi connectivity index (χ3n) is 3.55. The summed E-state index contributed by atoms with van der Waals surface area (Å²) in [5.74, 6) is 0.170. The minimum Gasteiger partial charge on any atom is -0.485 e. The van der Waals surface area contributed by atoms with Crippen molar-refractivity contribution in [3.05, 3.63) is 63.9 Å². The average molecular weight is 293 g/mol. The first kappa shape index (κ1) is 13.4. The number of aliphatic hydroxyl groups excluding tert-OH is 1. The van der Waals surface area contributed by atoms with Crippen molar-refractivity contribution in [2.24, 2.45) is 0 Å². The highest BCUT2D eigenvalue weighted by Crippen LogP contribution is 2.43. The lowest BCUT2D eigenvalue weighted by Crippen LogP contribution is -2.20. The second-order valence-electron chi connectivity index (χ2n) is 5.03. The average Bonchev–Trinajstić information content (AvgIpc) is 2.39. The molecule has 1 aliphatic heterocycles. The van der Waals surface area contributed by atoms with E-state index in [4.69, 9.17) is 16.3 Å². The van der Waals surface area contributed by atoms with Crippen LogP contribution in [-0.2, 0) is 0 Å². The van der Waals surface area contributed by atoms with Gasteiger partial charge in [0.15, 0.2) is 0 Å². The number of hydrogen-bond acceptors (Lipinski definition) is 2. The van der Waals surface area contributed by atoms with E-state index in [9.17, 15) is 9.50 Å². The Morgan fingerprint density at radius 1 is 1.30 bits per heavy atom. The summed E-state index contributed by atoms with van der Waals surface area (Å²) in [6, 6.07) is 10.1. The standard InChI is InChI=1S/C16H14ClFO2/c1-9-5-6-14-10(7-9)13(19)8-15(20-14)16-11(17)3-2-4-12(16)18/h2-7,13,15,19H,8H2,1H3/t13-,15?/m1/s1. The van der Waals surface area contributed by atoms with E-state index < -0.39 is 18.0 Å². The van der Waals surface area contributed by atoms with Crippen LogP contribution in [0.5, 0.6) is 5.75 Å². The molecule has 2 aromatic carbocycles. The summed E-state index contributed by atoms with van der Waals surface area (Å²) in [6.45, 7) is 1.95. The molecule has 104 valence electrons. The van der Waals surface area contributed by atoms with Gasteiger partial charge in [-0.3, -0.25) is 0 Å². The lowest BCUT2D eigenvalue weighted by Gasteiger charge is -2.30. The number of hydrogen-bond donors (Lipinski definition) is 1. The van der Waals surface area contributed by atoms with Gasteiger partial charge in [0.1, 0.15) is 17.7 Å². The number of aryl methyl sites for hydroxylation is 1. The predicted octanol–water partition coefficient (Wildman–Crippen LogP) is 4.34. The van der Waals surface area contributed by atoms with Gasteiger partial charge in [-0.05, 0) is 31.2 Å². The molecule has 0 aromatic heterocycles. The fourth-order valence-corrected chi connectivity index (χ4v) is 2.85. The van der Waals surface area contributed by atoms with Crippen molar-refractivity contribution in [3.63, 3.8) is 0 Å². The molecule has 20 heavy (non-hydrogen) atoms. The number of fused-ring (bicyclic) bond motifs is 1. The van der Waals surface area contributed by atoms with Gasteiger partial charge in [-0.1, -0.05) is 29.3 Å². The van der Waals surface area contributed by atoms with Crippen molar-refractivity contribution in [2.45, 2.75) is 25.6 Å². The SMILES string of the molecule is Cc1ccc2c(c1)[C@H](O)CC(c1c(F)cccc1Cl)O2. The van der Waals surface area contributed by atoms with Crippen LogP contribution in [-0.4, -0.2) is 5.11 Å². The maximum absolute atomic E-state index is 14.0. The van der Waals surface area contributed by atoms with Crippen molar-refractivity contribution in [1.82, 2.24) is 0 Å². The molecule has 1 N–H and O–H groups in total. The number of halogens is 2. The molecule has 1 unspecified atom stereocenters. The van der Waals surface area contributed by atoms with Gasteiger partial charge in [-0.2, -0.15) is 0 Å². The van der Waals surface area contributed by atoms with Gasteiger partial charge in [0.25, 0.3) is 0 Å². The van der Waals surface area contributed by atoms with E-state index in [1.165, 1.54) is 6.07 Å². The molecule has 0 saturated heterocycles. The van der Waals surface area contributed by atoms with E-state index in [-0.39, 0.29) is 6.42 Å². The zero-order valence-electron chi connectivity index (χ0n) is 10.9. The molecular weight excluding hydrogens is 279 g/mol. The molecule has 0 bridgehead atoms. The van der Waals surface area contributed by atoms with E-state index in [2.05, 4.69) is 0 Å². The van der Waals surface area contributed by atoms with Crippen molar-refractivity contribution < 1.29 is 14.2 Å². The Bertz CT molecular complexity index is 637. The van der Waals surface area contributed by atoms with Crippen LogP contribution < -0.4 is 4.74 Å².